The lowest BCUT2D eigenvalue weighted by atomic mass is 9.75. The normalized spacial score (nSPS) is 29.9. The molecule has 0 saturated carbocycles. The summed E-state index contributed by atoms with van der Waals surface area (Å²) in [4.78, 5) is 5.00. The molecule has 4 heteroatoms. The van der Waals surface area contributed by atoms with Crippen LogP contribution in [0.4, 0.5) is 0 Å². The lowest BCUT2D eigenvalue weighted by molar-refractivity contribution is 0.0237. The van der Waals surface area contributed by atoms with Crippen LogP contribution in [0, 0.1) is 22.7 Å². The Bertz CT molecular complexity index is 305. The van der Waals surface area contributed by atoms with Gasteiger partial charge in [0.2, 0.25) is 0 Å². The van der Waals surface area contributed by atoms with Crippen LogP contribution in [0.15, 0.2) is 0 Å². The minimum Gasteiger partial charge on any atom is -0.379 e. The van der Waals surface area contributed by atoms with E-state index in [0.717, 1.165) is 58.9 Å². The van der Waals surface area contributed by atoms with Gasteiger partial charge in [-0.05, 0) is 18.4 Å². The summed E-state index contributed by atoms with van der Waals surface area (Å²) in [6.45, 7) is 12.7. The van der Waals surface area contributed by atoms with Crippen LogP contribution >= 0.6 is 0 Å². The van der Waals surface area contributed by atoms with Crippen molar-refractivity contribution in [1.29, 1.82) is 5.26 Å². The Balaban J connectivity index is 1.76. The summed E-state index contributed by atoms with van der Waals surface area (Å²) in [5, 5.41) is 9.16. The molecular formula is C14H25N3O. The number of ether oxygens (including phenoxy) is 1. The Kier molecular flexibility index (Phi) is 4.60. The predicted octanol–water partition coefficient (Wildman–Crippen LogP) is 1.19. The zero-order valence-corrected chi connectivity index (χ0v) is 11.7. The van der Waals surface area contributed by atoms with Crippen molar-refractivity contribution < 1.29 is 4.74 Å². The van der Waals surface area contributed by atoms with Crippen molar-refractivity contribution in [3.8, 4) is 6.07 Å². The zero-order chi connectivity index (χ0) is 13.0. The van der Waals surface area contributed by atoms with Crippen LogP contribution in [-0.2, 0) is 4.74 Å². The number of nitriles is 1. The average molecular weight is 251 g/mol. The van der Waals surface area contributed by atoms with E-state index in [4.69, 9.17) is 10.00 Å². The van der Waals surface area contributed by atoms with Crippen LogP contribution in [0.25, 0.3) is 0 Å². The first-order valence-corrected chi connectivity index (χ1v) is 7.04. The number of likely N-dealkylation sites (tertiary alicyclic amines) is 1. The van der Waals surface area contributed by atoms with Crippen molar-refractivity contribution in [2.75, 3.05) is 52.5 Å². The van der Waals surface area contributed by atoms with Crippen molar-refractivity contribution in [1.82, 2.24) is 9.80 Å². The van der Waals surface area contributed by atoms with Gasteiger partial charge in [0.1, 0.15) is 0 Å². The first kappa shape index (κ1) is 13.8. The molecule has 0 aromatic rings. The molecular weight excluding hydrogens is 226 g/mol. The standard InChI is InChI=1S/C14H25N3O/c1-14(2)12-17(4-3-13(14)11-15)6-5-16-7-9-18-10-8-16/h13H,3-10,12H2,1-2H3. The number of nitrogens with zero attached hydrogens (tertiary/aromatic N) is 3. The van der Waals surface area contributed by atoms with Gasteiger partial charge < -0.3 is 9.64 Å². The minimum absolute atomic E-state index is 0.137. The zero-order valence-electron chi connectivity index (χ0n) is 11.7. The van der Waals surface area contributed by atoms with Crippen LogP contribution < -0.4 is 0 Å². The fourth-order valence-corrected chi connectivity index (χ4v) is 3.01. The quantitative estimate of drug-likeness (QED) is 0.755. The van der Waals surface area contributed by atoms with Gasteiger partial charge in [-0.25, -0.2) is 0 Å². The molecule has 2 saturated heterocycles. The van der Waals surface area contributed by atoms with Crippen molar-refractivity contribution in [3.05, 3.63) is 0 Å². The van der Waals surface area contributed by atoms with Gasteiger partial charge in [0.25, 0.3) is 0 Å². The van der Waals surface area contributed by atoms with Crippen LogP contribution in [-0.4, -0.2) is 62.3 Å². The molecule has 0 aromatic carbocycles. The fourth-order valence-electron chi connectivity index (χ4n) is 3.01. The molecule has 2 aliphatic heterocycles. The van der Waals surface area contributed by atoms with E-state index in [2.05, 4.69) is 29.7 Å². The SMILES string of the molecule is CC1(C)CN(CCN2CCOCC2)CCC1C#N. The molecule has 0 aliphatic carbocycles. The maximum atomic E-state index is 9.16. The lowest BCUT2D eigenvalue weighted by Crippen LogP contribution is -2.48. The summed E-state index contributed by atoms with van der Waals surface area (Å²) >= 11 is 0. The van der Waals surface area contributed by atoms with E-state index in [0.29, 0.717) is 0 Å². The summed E-state index contributed by atoms with van der Waals surface area (Å²) in [7, 11) is 0. The predicted molar refractivity (Wildman–Crippen MR) is 71.2 cm³/mol. The number of piperidine rings is 1. The molecule has 1 unspecified atom stereocenters. The highest BCUT2D eigenvalue weighted by Gasteiger charge is 2.35. The molecule has 2 heterocycles. The van der Waals surface area contributed by atoms with Gasteiger partial charge >= 0.3 is 0 Å². The van der Waals surface area contributed by atoms with Crippen LogP contribution in [0.3, 0.4) is 0 Å². The summed E-state index contributed by atoms with van der Waals surface area (Å²) in [5.41, 5.74) is 0.137. The van der Waals surface area contributed by atoms with Gasteiger partial charge in [-0.15, -0.1) is 0 Å². The third-order valence-corrected chi connectivity index (χ3v) is 4.30. The molecule has 0 bridgehead atoms. The molecule has 0 spiro atoms. The maximum absolute atomic E-state index is 9.16. The van der Waals surface area contributed by atoms with Crippen LogP contribution in [0.5, 0.6) is 0 Å². The van der Waals surface area contributed by atoms with Gasteiger partial charge in [-0.2, -0.15) is 5.26 Å². The molecule has 2 fully saturated rings. The Morgan fingerprint density at radius 3 is 2.44 bits per heavy atom. The lowest BCUT2D eigenvalue weighted by Gasteiger charge is -2.42. The third-order valence-electron chi connectivity index (χ3n) is 4.30. The summed E-state index contributed by atoms with van der Waals surface area (Å²) in [6.07, 6.45) is 1.02. The number of hydrogen-bond acceptors (Lipinski definition) is 4. The molecule has 4 nitrogen and oxygen atoms in total. The average Bonchev–Trinajstić information content (AvgIpc) is 2.37. The number of hydrogen-bond donors (Lipinski definition) is 0. The van der Waals surface area contributed by atoms with E-state index in [1.807, 2.05) is 0 Å². The fraction of sp³-hybridized carbons (Fsp3) is 0.929. The summed E-state index contributed by atoms with van der Waals surface area (Å²) in [6, 6.07) is 2.47. The maximum Gasteiger partial charge on any atom is 0.0662 e. The second kappa shape index (κ2) is 6.01. The minimum atomic E-state index is 0.137. The molecule has 0 radical (unpaired) electrons. The topological polar surface area (TPSA) is 39.5 Å². The Hall–Kier alpha value is -0.630. The smallest absolute Gasteiger partial charge is 0.0662 e. The number of morpholine rings is 1. The largest absolute Gasteiger partial charge is 0.379 e. The number of rotatable bonds is 3. The van der Waals surface area contributed by atoms with E-state index in [1.165, 1.54) is 0 Å². The van der Waals surface area contributed by atoms with Gasteiger partial charge in [0, 0.05) is 32.7 Å². The molecule has 18 heavy (non-hydrogen) atoms. The van der Waals surface area contributed by atoms with Gasteiger partial charge in [-0.3, -0.25) is 4.90 Å². The third kappa shape index (κ3) is 3.44. The molecule has 0 N–H and O–H groups in total. The van der Waals surface area contributed by atoms with Gasteiger partial charge in [0.05, 0.1) is 25.2 Å². The highest BCUT2D eigenvalue weighted by atomic mass is 16.5. The van der Waals surface area contributed by atoms with Crippen molar-refractivity contribution in [2.45, 2.75) is 20.3 Å². The first-order chi connectivity index (χ1) is 8.62. The van der Waals surface area contributed by atoms with E-state index in [-0.39, 0.29) is 11.3 Å². The highest BCUT2D eigenvalue weighted by molar-refractivity contribution is 4.98. The van der Waals surface area contributed by atoms with E-state index in [1.54, 1.807) is 0 Å². The van der Waals surface area contributed by atoms with E-state index in [9.17, 15) is 0 Å². The molecule has 1 atom stereocenters. The molecule has 0 amide bonds. The molecule has 102 valence electrons. The molecule has 2 aliphatic rings. The van der Waals surface area contributed by atoms with Crippen molar-refractivity contribution >= 4 is 0 Å². The Labute approximate surface area is 110 Å². The highest BCUT2D eigenvalue weighted by Crippen LogP contribution is 2.34. The monoisotopic (exact) mass is 251 g/mol. The molecule has 2 rings (SSSR count). The van der Waals surface area contributed by atoms with Crippen molar-refractivity contribution in [2.24, 2.45) is 11.3 Å². The van der Waals surface area contributed by atoms with E-state index >= 15 is 0 Å². The van der Waals surface area contributed by atoms with Crippen molar-refractivity contribution in [3.63, 3.8) is 0 Å². The Morgan fingerprint density at radius 2 is 1.83 bits per heavy atom. The second-order valence-electron chi connectivity index (χ2n) is 6.19. The van der Waals surface area contributed by atoms with E-state index < -0.39 is 0 Å². The van der Waals surface area contributed by atoms with Gasteiger partial charge in [0.15, 0.2) is 0 Å². The summed E-state index contributed by atoms with van der Waals surface area (Å²) in [5.74, 6) is 0.220. The van der Waals surface area contributed by atoms with Gasteiger partial charge in [-0.1, -0.05) is 13.8 Å². The summed E-state index contributed by atoms with van der Waals surface area (Å²) < 4.78 is 5.36. The van der Waals surface area contributed by atoms with Crippen LogP contribution in [0.1, 0.15) is 20.3 Å². The first-order valence-electron chi connectivity index (χ1n) is 7.04. The second-order valence-corrected chi connectivity index (χ2v) is 6.19. The van der Waals surface area contributed by atoms with Crippen LogP contribution in [0.2, 0.25) is 0 Å². The Morgan fingerprint density at radius 1 is 1.17 bits per heavy atom. The molecule has 0 aromatic heterocycles.